The van der Waals surface area contributed by atoms with Crippen LogP contribution < -0.4 is 10.6 Å². The molecule has 0 aliphatic heterocycles. The summed E-state index contributed by atoms with van der Waals surface area (Å²) in [5.74, 6) is -1.60. The highest BCUT2D eigenvalue weighted by Crippen LogP contribution is 2.42. The van der Waals surface area contributed by atoms with Gasteiger partial charge >= 0.3 is 12.0 Å². The minimum absolute atomic E-state index is 0.376. The van der Waals surface area contributed by atoms with E-state index in [1.807, 2.05) is 0 Å². The predicted molar refractivity (Wildman–Crippen MR) is 84.7 cm³/mol. The average Bonchev–Trinajstić information content (AvgIpc) is 3.06. The van der Waals surface area contributed by atoms with E-state index in [-0.39, 0.29) is 5.82 Å². The molecule has 0 heterocycles. The van der Waals surface area contributed by atoms with E-state index in [2.05, 4.69) is 10.6 Å². The largest absolute Gasteiger partial charge is 0.452 e. The number of rotatable bonds is 4. The van der Waals surface area contributed by atoms with Crippen LogP contribution in [0.15, 0.2) is 24.3 Å². The van der Waals surface area contributed by atoms with Crippen LogP contribution in [0, 0.1) is 5.82 Å². The number of halogens is 1. The smallest absolute Gasteiger partial charge is 0.321 e. The standard InChI is InChI=1S/C17H21FN2O4/c1-11(14(21)20-16(23)19-2)24-15(22)17(9-3-4-10-17)12-5-7-13(18)8-6-12/h5-8,11H,3-4,9-10H2,1-2H3,(H2,19,20,21,23)/t11-/m1/s1. The summed E-state index contributed by atoms with van der Waals surface area (Å²) in [6.45, 7) is 1.41. The minimum Gasteiger partial charge on any atom is -0.452 e. The lowest BCUT2D eigenvalue weighted by Gasteiger charge is -2.28. The van der Waals surface area contributed by atoms with Crippen molar-refractivity contribution in [1.82, 2.24) is 10.6 Å². The highest BCUT2D eigenvalue weighted by Gasteiger charge is 2.45. The van der Waals surface area contributed by atoms with Crippen molar-refractivity contribution < 1.29 is 23.5 Å². The number of benzene rings is 1. The Hall–Kier alpha value is -2.44. The van der Waals surface area contributed by atoms with Gasteiger partial charge in [-0.15, -0.1) is 0 Å². The minimum atomic E-state index is -1.10. The van der Waals surface area contributed by atoms with E-state index in [0.717, 1.165) is 12.8 Å². The van der Waals surface area contributed by atoms with E-state index in [1.165, 1.54) is 26.1 Å². The van der Waals surface area contributed by atoms with Gasteiger partial charge in [-0.2, -0.15) is 0 Å². The van der Waals surface area contributed by atoms with Gasteiger partial charge in [0.05, 0.1) is 5.41 Å². The Bertz CT molecular complexity index is 624. The summed E-state index contributed by atoms with van der Waals surface area (Å²) in [4.78, 5) is 35.7. The third-order valence-electron chi connectivity index (χ3n) is 4.36. The normalized spacial score (nSPS) is 17.0. The molecule has 24 heavy (non-hydrogen) atoms. The van der Waals surface area contributed by atoms with Gasteiger partial charge in [0.1, 0.15) is 5.82 Å². The number of amides is 3. The number of imide groups is 1. The quantitative estimate of drug-likeness (QED) is 0.824. The van der Waals surface area contributed by atoms with Crippen LogP contribution in [-0.4, -0.2) is 31.1 Å². The molecule has 0 spiro atoms. The lowest BCUT2D eigenvalue weighted by atomic mass is 9.79. The molecule has 0 unspecified atom stereocenters. The third kappa shape index (κ3) is 3.72. The number of ether oxygens (including phenoxy) is 1. The summed E-state index contributed by atoms with van der Waals surface area (Å²) >= 11 is 0. The highest BCUT2D eigenvalue weighted by molar-refractivity contribution is 5.97. The Morgan fingerprint density at radius 1 is 1.17 bits per heavy atom. The van der Waals surface area contributed by atoms with Gasteiger partial charge in [0.2, 0.25) is 0 Å². The predicted octanol–water partition coefficient (Wildman–Crippen LogP) is 2.02. The van der Waals surface area contributed by atoms with E-state index >= 15 is 0 Å². The van der Waals surface area contributed by atoms with Crippen LogP contribution in [0.2, 0.25) is 0 Å². The molecule has 3 amide bonds. The fourth-order valence-corrected chi connectivity index (χ4v) is 2.96. The highest BCUT2D eigenvalue weighted by atomic mass is 19.1. The van der Waals surface area contributed by atoms with Crippen LogP contribution in [0.4, 0.5) is 9.18 Å². The Labute approximate surface area is 139 Å². The number of nitrogens with one attached hydrogen (secondary N) is 2. The average molecular weight is 336 g/mol. The van der Waals surface area contributed by atoms with Crippen molar-refractivity contribution in [2.75, 3.05) is 7.05 Å². The molecule has 1 atom stereocenters. The second-order valence-electron chi connectivity index (χ2n) is 5.91. The van der Waals surface area contributed by atoms with Crippen molar-refractivity contribution in [3.8, 4) is 0 Å². The van der Waals surface area contributed by atoms with E-state index in [0.29, 0.717) is 18.4 Å². The number of urea groups is 1. The summed E-state index contributed by atoms with van der Waals surface area (Å²) in [6.07, 6.45) is 1.77. The molecule has 0 radical (unpaired) electrons. The second kappa shape index (κ2) is 7.42. The number of esters is 1. The lowest BCUT2D eigenvalue weighted by molar-refractivity contribution is -0.160. The second-order valence-corrected chi connectivity index (χ2v) is 5.91. The van der Waals surface area contributed by atoms with E-state index < -0.39 is 29.4 Å². The zero-order valence-corrected chi connectivity index (χ0v) is 13.7. The van der Waals surface area contributed by atoms with Crippen LogP contribution in [0.25, 0.3) is 0 Å². The molecular formula is C17H21FN2O4. The molecule has 7 heteroatoms. The molecule has 2 rings (SSSR count). The van der Waals surface area contributed by atoms with E-state index in [1.54, 1.807) is 12.1 Å². The Morgan fingerprint density at radius 3 is 2.29 bits per heavy atom. The van der Waals surface area contributed by atoms with E-state index in [9.17, 15) is 18.8 Å². The van der Waals surface area contributed by atoms with Crippen LogP contribution in [0.1, 0.15) is 38.2 Å². The van der Waals surface area contributed by atoms with Gasteiger partial charge in [-0.25, -0.2) is 9.18 Å². The monoisotopic (exact) mass is 336 g/mol. The Kier molecular flexibility index (Phi) is 5.54. The van der Waals surface area contributed by atoms with Crippen molar-refractivity contribution in [2.45, 2.75) is 44.1 Å². The van der Waals surface area contributed by atoms with E-state index in [4.69, 9.17) is 4.74 Å². The van der Waals surface area contributed by atoms with Gasteiger partial charge in [-0.05, 0) is 37.5 Å². The molecule has 1 aromatic carbocycles. The van der Waals surface area contributed by atoms with Crippen molar-refractivity contribution in [3.05, 3.63) is 35.6 Å². The van der Waals surface area contributed by atoms with Gasteiger partial charge < -0.3 is 10.1 Å². The van der Waals surface area contributed by atoms with Crippen LogP contribution >= 0.6 is 0 Å². The molecule has 0 aromatic heterocycles. The molecule has 0 bridgehead atoms. The molecule has 130 valence electrons. The van der Waals surface area contributed by atoms with Crippen molar-refractivity contribution in [2.24, 2.45) is 0 Å². The van der Waals surface area contributed by atoms with Gasteiger partial charge in [0, 0.05) is 7.05 Å². The van der Waals surface area contributed by atoms with Crippen molar-refractivity contribution >= 4 is 17.9 Å². The Morgan fingerprint density at radius 2 is 1.75 bits per heavy atom. The molecule has 2 N–H and O–H groups in total. The molecule has 1 aliphatic rings. The van der Waals surface area contributed by atoms with Gasteiger partial charge in [0.25, 0.3) is 5.91 Å². The first-order valence-electron chi connectivity index (χ1n) is 7.89. The first-order chi connectivity index (χ1) is 11.4. The first-order valence-corrected chi connectivity index (χ1v) is 7.89. The molecule has 1 fully saturated rings. The number of carbonyl (C=O) groups excluding carboxylic acids is 3. The topological polar surface area (TPSA) is 84.5 Å². The summed E-state index contributed by atoms with van der Waals surface area (Å²) in [5, 5.41) is 4.32. The van der Waals surface area contributed by atoms with Gasteiger partial charge in [0.15, 0.2) is 6.10 Å². The molecule has 0 saturated heterocycles. The fraction of sp³-hybridized carbons (Fsp3) is 0.471. The van der Waals surface area contributed by atoms with Crippen molar-refractivity contribution in [1.29, 1.82) is 0 Å². The lowest BCUT2D eigenvalue weighted by Crippen LogP contribution is -2.45. The summed E-state index contributed by atoms with van der Waals surface area (Å²) in [6, 6.07) is 5.11. The SMILES string of the molecule is CNC(=O)NC(=O)[C@@H](C)OC(=O)C1(c2ccc(F)cc2)CCCC1. The third-order valence-corrected chi connectivity index (χ3v) is 4.36. The number of hydrogen-bond acceptors (Lipinski definition) is 4. The number of carbonyl (C=O) groups is 3. The fourth-order valence-electron chi connectivity index (χ4n) is 2.96. The van der Waals surface area contributed by atoms with Gasteiger partial charge in [-0.1, -0.05) is 25.0 Å². The zero-order valence-electron chi connectivity index (χ0n) is 13.7. The first kappa shape index (κ1) is 17.9. The van der Waals surface area contributed by atoms with Gasteiger partial charge in [-0.3, -0.25) is 14.9 Å². The van der Waals surface area contributed by atoms with Crippen LogP contribution in [0.5, 0.6) is 0 Å². The molecule has 1 saturated carbocycles. The maximum atomic E-state index is 13.2. The zero-order chi connectivity index (χ0) is 17.7. The molecular weight excluding hydrogens is 315 g/mol. The molecule has 1 aromatic rings. The van der Waals surface area contributed by atoms with Crippen LogP contribution in [-0.2, 0) is 19.7 Å². The Balaban J connectivity index is 2.14. The molecule has 1 aliphatic carbocycles. The summed E-state index contributed by atoms with van der Waals surface area (Å²) < 4.78 is 18.5. The van der Waals surface area contributed by atoms with Crippen LogP contribution in [0.3, 0.4) is 0 Å². The summed E-state index contributed by atoms with van der Waals surface area (Å²) in [5.41, 5.74) is -0.180. The van der Waals surface area contributed by atoms with Crippen molar-refractivity contribution in [3.63, 3.8) is 0 Å². The summed E-state index contributed by atoms with van der Waals surface area (Å²) in [7, 11) is 1.38. The molecule has 6 nitrogen and oxygen atoms in total. The maximum Gasteiger partial charge on any atom is 0.321 e. The maximum absolute atomic E-state index is 13.2. The number of hydrogen-bond donors (Lipinski definition) is 2.